The third-order valence-corrected chi connectivity index (χ3v) is 5.10. The molecule has 1 aliphatic heterocycles. The van der Waals surface area contributed by atoms with E-state index in [1.807, 2.05) is 43.1 Å². The molecule has 5 nitrogen and oxygen atoms in total. The minimum absolute atomic E-state index is 0.0523. The number of aromatic nitrogens is 1. The van der Waals surface area contributed by atoms with Gasteiger partial charge >= 0.3 is 0 Å². The molecule has 3 rings (SSSR count). The van der Waals surface area contributed by atoms with Gasteiger partial charge in [-0.1, -0.05) is 36.4 Å². The number of aliphatic hydroxyl groups excluding tert-OH is 2. The van der Waals surface area contributed by atoms with Gasteiger partial charge in [-0.2, -0.15) is 0 Å². The van der Waals surface area contributed by atoms with Gasteiger partial charge in [-0.3, -0.25) is 0 Å². The van der Waals surface area contributed by atoms with E-state index in [0.29, 0.717) is 12.8 Å². The summed E-state index contributed by atoms with van der Waals surface area (Å²) in [6.07, 6.45) is 8.27. The van der Waals surface area contributed by atoms with Gasteiger partial charge in [0.15, 0.2) is 18.7 Å². The standard InChI is InChI=1S/C24H32NO4/c1-17(26)14-22(27)16-23-15-18(2)28-24(29-23)21-8-6-19(7-9-21)4-5-20-10-12-25(3)13-11-20/h4-13,17-18,22-24,26-27H,14-16H2,1-3H3/q+1/b5-4+. The molecule has 2 N–H and O–H groups in total. The first-order valence-electron chi connectivity index (χ1n) is 10.3. The van der Waals surface area contributed by atoms with Crippen LogP contribution >= 0.6 is 0 Å². The molecule has 2 aromatic rings. The van der Waals surface area contributed by atoms with Crippen molar-refractivity contribution >= 4 is 12.2 Å². The first-order chi connectivity index (χ1) is 13.9. The predicted molar refractivity (Wildman–Crippen MR) is 113 cm³/mol. The number of nitrogens with zero attached hydrogens (tertiary/aromatic N) is 1. The Morgan fingerprint density at radius 3 is 2.28 bits per heavy atom. The molecule has 0 radical (unpaired) electrons. The normalized spacial score (nSPS) is 24.5. The van der Waals surface area contributed by atoms with Crippen molar-refractivity contribution in [3.8, 4) is 0 Å². The van der Waals surface area contributed by atoms with Crippen molar-refractivity contribution in [1.82, 2.24) is 0 Å². The number of aliphatic hydroxyl groups is 2. The van der Waals surface area contributed by atoms with E-state index < -0.39 is 18.5 Å². The molecule has 0 saturated carbocycles. The van der Waals surface area contributed by atoms with Crippen LogP contribution in [0.3, 0.4) is 0 Å². The highest BCUT2D eigenvalue weighted by Crippen LogP contribution is 2.32. The minimum atomic E-state index is -0.571. The number of rotatable bonds is 7. The summed E-state index contributed by atoms with van der Waals surface area (Å²) >= 11 is 0. The lowest BCUT2D eigenvalue weighted by molar-refractivity contribution is -0.671. The molecule has 2 heterocycles. The maximum Gasteiger partial charge on any atom is 0.184 e. The molecule has 0 amide bonds. The van der Waals surface area contributed by atoms with E-state index in [9.17, 15) is 10.2 Å². The zero-order chi connectivity index (χ0) is 20.8. The molecule has 1 aromatic carbocycles. The van der Waals surface area contributed by atoms with Crippen LogP contribution in [0.4, 0.5) is 0 Å². The molecule has 0 aliphatic carbocycles. The average molecular weight is 399 g/mol. The molecule has 0 bridgehead atoms. The first kappa shape index (κ1) is 21.7. The summed E-state index contributed by atoms with van der Waals surface area (Å²) < 4.78 is 14.1. The molecular weight excluding hydrogens is 366 g/mol. The molecule has 5 heteroatoms. The molecule has 0 spiro atoms. The van der Waals surface area contributed by atoms with Crippen LogP contribution in [0.5, 0.6) is 0 Å². The van der Waals surface area contributed by atoms with Crippen molar-refractivity contribution in [2.24, 2.45) is 7.05 Å². The molecule has 1 aliphatic rings. The van der Waals surface area contributed by atoms with Gasteiger partial charge in [-0.25, -0.2) is 4.57 Å². The van der Waals surface area contributed by atoms with E-state index in [-0.39, 0.29) is 12.2 Å². The van der Waals surface area contributed by atoms with Crippen LogP contribution in [0.15, 0.2) is 48.8 Å². The fraction of sp³-hybridized carbons (Fsp3) is 0.458. The summed E-state index contributed by atoms with van der Waals surface area (Å²) in [4.78, 5) is 0. The summed E-state index contributed by atoms with van der Waals surface area (Å²) in [6, 6.07) is 12.3. The summed E-state index contributed by atoms with van der Waals surface area (Å²) in [7, 11) is 2.00. The lowest BCUT2D eigenvalue weighted by Crippen LogP contribution is -2.35. The summed E-state index contributed by atoms with van der Waals surface area (Å²) in [5, 5.41) is 19.6. The zero-order valence-electron chi connectivity index (χ0n) is 17.4. The van der Waals surface area contributed by atoms with E-state index >= 15 is 0 Å². The Hall–Kier alpha value is -2.05. The third-order valence-electron chi connectivity index (χ3n) is 5.10. The van der Waals surface area contributed by atoms with Crippen molar-refractivity contribution in [2.45, 2.75) is 63.8 Å². The largest absolute Gasteiger partial charge is 0.393 e. The number of pyridine rings is 1. The van der Waals surface area contributed by atoms with Crippen molar-refractivity contribution < 1.29 is 24.3 Å². The third kappa shape index (κ3) is 6.75. The van der Waals surface area contributed by atoms with E-state index in [1.54, 1.807) is 6.92 Å². The second kappa shape index (κ2) is 10.1. The molecule has 5 unspecified atom stereocenters. The van der Waals surface area contributed by atoms with Gasteiger partial charge in [0.1, 0.15) is 7.05 Å². The van der Waals surface area contributed by atoms with Gasteiger partial charge in [0, 0.05) is 17.7 Å². The molecule has 1 saturated heterocycles. The van der Waals surface area contributed by atoms with Crippen LogP contribution in [-0.2, 0) is 16.5 Å². The highest BCUT2D eigenvalue weighted by Gasteiger charge is 2.30. The van der Waals surface area contributed by atoms with Crippen molar-refractivity contribution in [1.29, 1.82) is 0 Å². The summed E-state index contributed by atoms with van der Waals surface area (Å²) in [6.45, 7) is 3.72. The number of hydrogen-bond acceptors (Lipinski definition) is 4. The minimum Gasteiger partial charge on any atom is -0.393 e. The van der Waals surface area contributed by atoms with Crippen molar-refractivity contribution in [3.63, 3.8) is 0 Å². The van der Waals surface area contributed by atoms with Crippen molar-refractivity contribution in [2.75, 3.05) is 0 Å². The Kier molecular flexibility index (Phi) is 7.56. The highest BCUT2D eigenvalue weighted by molar-refractivity contribution is 5.69. The van der Waals surface area contributed by atoms with Crippen LogP contribution in [0, 0.1) is 0 Å². The summed E-state index contributed by atoms with van der Waals surface area (Å²) in [5.41, 5.74) is 3.23. The Morgan fingerprint density at radius 2 is 1.66 bits per heavy atom. The Balaban J connectivity index is 1.61. The number of hydrogen-bond donors (Lipinski definition) is 2. The SMILES string of the molecule is CC(O)CC(O)CC1CC(C)OC(c2ccc(/C=C/c3cc[n+](C)cc3)cc2)O1. The van der Waals surface area contributed by atoms with Gasteiger partial charge in [0.05, 0.1) is 24.4 Å². The van der Waals surface area contributed by atoms with Crippen LogP contribution in [0.25, 0.3) is 12.2 Å². The topological polar surface area (TPSA) is 62.8 Å². The van der Waals surface area contributed by atoms with E-state index in [4.69, 9.17) is 9.47 Å². The Labute approximate surface area is 173 Å². The number of ether oxygens (including phenoxy) is 2. The van der Waals surface area contributed by atoms with Gasteiger partial charge in [0.2, 0.25) is 0 Å². The lowest BCUT2D eigenvalue weighted by Gasteiger charge is -2.35. The Morgan fingerprint density at radius 1 is 1.03 bits per heavy atom. The lowest BCUT2D eigenvalue weighted by atomic mass is 10.0. The predicted octanol–water partition coefficient (Wildman–Crippen LogP) is 3.40. The van der Waals surface area contributed by atoms with Gasteiger partial charge < -0.3 is 19.7 Å². The van der Waals surface area contributed by atoms with E-state index in [2.05, 4.69) is 36.4 Å². The maximum absolute atomic E-state index is 10.1. The number of aryl methyl sites for hydroxylation is 1. The zero-order valence-corrected chi connectivity index (χ0v) is 17.4. The van der Waals surface area contributed by atoms with Gasteiger partial charge in [0.25, 0.3) is 0 Å². The fourth-order valence-electron chi connectivity index (χ4n) is 3.58. The van der Waals surface area contributed by atoms with E-state index in [1.165, 1.54) is 0 Å². The first-order valence-corrected chi connectivity index (χ1v) is 10.3. The fourth-order valence-corrected chi connectivity index (χ4v) is 3.58. The van der Waals surface area contributed by atoms with Gasteiger partial charge in [-0.05, 0) is 44.2 Å². The van der Waals surface area contributed by atoms with Crippen LogP contribution in [-0.4, -0.2) is 34.6 Å². The second-order valence-corrected chi connectivity index (χ2v) is 8.04. The highest BCUT2D eigenvalue weighted by atomic mass is 16.7. The van der Waals surface area contributed by atoms with Crippen molar-refractivity contribution in [3.05, 3.63) is 65.5 Å². The Bertz CT molecular complexity index is 786. The second-order valence-electron chi connectivity index (χ2n) is 8.04. The summed E-state index contributed by atoms with van der Waals surface area (Å²) in [5.74, 6) is 0. The van der Waals surface area contributed by atoms with Crippen LogP contribution in [0.2, 0.25) is 0 Å². The molecule has 1 aromatic heterocycles. The van der Waals surface area contributed by atoms with Crippen LogP contribution < -0.4 is 4.57 Å². The van der Waals surface area contributed by atoms with Crippen LogP contribution in [0.1, 0.15) is 56.1 Å². The number of benzene rings is 1. The molecule has 1 fully saturated rings. The molecule has 5 atom stereocenters. The molecular formula is C24H32NO4+. The smallest absolute Gasteiger partial charge is 0.184 e. The monoisotopic (exact) mass is 398 g/mol. The average Bonchev–Trinajstić information content (AvgIpc) is 2.67. The molecule has 29 heavy (non-hydrogen) atoms. The van der Waals surface area contributed by atoms with Gasteiger partial charge in [-0.15, -0.1) is 0 Å². The van der Waals surface area contributed by atoms with E-state index in [0.717, 1.165) is 23.1 Å². The molecule has 156 valence electrons. The maximum atomic E-state index is 10.1. The quantitative estimate of drug-likeness (QED) is 0.702.